The predicted molar refractivity (Wildman–Crippen MR) is 195 cm³/mol. The second-order valence-electron chi connectivity index (χ2n) is 12.0. The standard InChI is InChI=1S/C44H26N4/c45-27-29-20-23-32(24-21-29)47-41-18-7-5-14-36(41)39-16-9-15-38(44(39)47)34-12-3-2-11-33(34)30-22-25-37-35-13-4-8-19-42(35)48(43(37)26-30)40-17-6-1-10-31(40)28-46/h1-26H. The molecule has 2 aromatic heterocycles. The lowest BCUT2D eigenvalue weighted by molar-refractivity contribution is 1.17. The summed E-state index contributed by atoms with van der Waals surface area (Å²) in [7, 11) is 0. The van der Waals surface area contributed by atoms with E-state index in [4.69, 9.17) is 0 Å². The Hall–Kier alpha value is -6.88. The molecule has 7 aromatic carbocycles. The Labute approximate surface area is 277 Å². The zero-order chi connectivity index (χ0) is 32.2. The second-order valence-corrected chi connectivity index (χ2v) is 12.0. The number of para-hydroxylation sites is 4. The van der Waals surface area contributed by atoms with Crippen LogP contribution in [0.4, 0.5) is 0 Å². The molecular weight excluding hydrogens is 585 g/mol. The zero-order valence-corrected chi connectivity index (χ0v) is 25.8. The Kier molecular flexibility index (Phi) is 6.22. The van der Waals surface area contributed by atoms with Crippen molar-refractivity contribution < 1.29 is 0 Å². The van der Waals surface area contributed by atoms with Gasteiger partial charge >= 0.3 is 0 Å². The summed E-state index contributed by atoms with van der Waals surface area (Å²) in [6.07, 6.45) is 0. The SMILES string of the molecule is N#Cc1ccc(-n2c3ccccc3c3cccc(-c4ccccc4-c4ccc5c6ccccc6n(-c6ccccc6C#N)c5c4)c32)cc1. The van der Waals surface area contributed by atoms with Gasteiger partial charge in [0.25, 0.3) is 0 Å². The number of nitrogens with zero attached hydrogens (tertiary/aromatic N) is 4. The molecule has 4 heteroatoms. The van der Waals surface area contributed by atoms with E-state index >= 15 is 0 Å². The van der Waals surface area contributed by atoms with E-state index in [0.717, 1.165) is 66.5 Å². The second kappa shape index (κ2) is 10.9. The maximum absolute atomic E-state index is 10.0. The van der Waals surface area contributed by atoms with E-state index in [1.54, 1.807) is 0 Å². The third-order valence-electron chi connectivity index (χ3n) is 9.42. The molecule has 222 valence electrons. The van der Waals surface area contributed by atoms with E-state index < -0.39 is 0 Å². The van der Waals surface area contributed by atoms with E-state index in [9.17, 15) is 10.5 Å². The minimum atomic E-state index is 0.633. The lowest BCUT2D eigenvalue weighted by atomic mass is 9.92. The Bertz CT molecular complexity index is 2800. The van der Waals surface area contributed by atoms with Gasteiger partial charge in [0, 0.05) is 32.8 Å². The molecule has 0 fully saturated rings. The summed E-state index contributed by atoms with van der Waals surface area (Å²) in [5.74, 6) is 0. The summed E-state index contributed by atoms with van der Waals surface area (Å²) < 4.78 is 4.54. The van der Waals surface area contributed by atoms with Crippen LogP contribution in [-0.2, 0) is 0 Å². The fraction of sp³-hybridized carbons (Fsp3) is 0. The largest absolute Gasteiger partial charge is 0.309 e. The molecule has 0 saturated heterocycles. The van der Waals surface area contributed by atoms with E-state index in [-0.39, 0.29) is 0 Å². The average molecular weight is 611 g/mol. The molecule has 0 unspecified atom stereocenters. The number of hydrogen-bond acceptors (Lipinski definition) is 2. The first-order valence-corrected chi connectivity index (χ1v) is 15.9. The van der Waals surface area contributed by atoms with Crippen LogP contribution in [0.3, 0.4) is 0 Å². The highest BCUT2D eigenvalue weighted by molar-refractivity contribution is 6.15. The third-order valence-corrected chi connectivity index (χ3v) is 9.42. The molecule has 0 N–H and O–H groups in total. The number of hydrogen-bond donors (Lipinski definition) is 0. The van der Waals surface area contributed by atoms with Crippen LogP contribution in [0.2, 0.25) is 0 Å². The number of rotatable bonds is 4. The zero-order valence-electron chi connectivity index (χ0n) is 25.8. The lowest BCUT2D eigenvalue weighted by Gasteiger charge is -2.15. The van der Waals surface area contributed by atoms with Crippen LogP contribution < -0.4 is 0 Å². The van der Waals surface area contributed by atoms with Gasteiger partial charge in [0.2, 0.25) is 0 Å². The molecule has 0 saturated carbocycles. The smallest absolute Gasteiger partial charge is 0.101 e. The van der Waals surface area contributed by atoms with Gasteiger partial charge in [0.1, 0.15) is 6.07 Å². The van der Waals surface area contributed by atoms with Gasteiger partial charge in [-0.15, -0.1) is 0 Å². The third kappa shape index (κ3) is 4.07. The summed E-state index contributed by atoms with van der Waals surface area (Å²) in [6, 6.07) is 59.0. The highest BCUT2D eigenvalue weighted by Crippen LogP contribution is 2.42. The molecule has 0 spiro atoms. The van der Waals surface area contributed by atoms with E-state index in [2.05, 4.69) is 130 Å². The minimum absolute atomic E-state index is 0.633. The highest BCUT2D eigenvalue weighted by atomic mass is 15.0. The first-order valence-electron chi connectivity index (χ1n) is 15.9. The number of benzene rings is 7. The van der Waals surface area contributed by atoms with Crippen molar-refractivity contribution in [3.05, 3.63) is 169 Å². The normalized spacial score (nSPS) is 11.3. The predicted octanol–water partition coefficient (Wildman–Crippen LogP) is 11.0. The number of fused-ring (bicyclic) bond motifs is 6. The van der Waals surface area contributed by atoms with Crippen molar-refractivity contribution in [1.29, 1.82) is 10.5 Å². The van der Waals surface area contributed by atoms with E-state index in [1.807, 2.05) is 48.5 Å². The van der Waals surface area contributed by atoms with Gasteiger partial charge in [-0.05, 0) is 71.3 Å². The minimum Gasteiger partial charge on any atom is -0.309 e. The number of aromatic nitrogens is 2. The number of nitriles is 2. The molecule has 0 radical (unpaired) electrons. The van der Waals surface area contributed by atoms with Crippen molar-refractivity contribution in [2.24, 2.45) is 0 Å². The maximum Gasteiger partial charge on any atom is 0.101 e. The molecular formula is C44H26N4. The summed E-state index contributed by atoms with van der Waals surface area (Å²) in [4.78, 5) is 0. The molecule has 0 aliphatic heterocycles. The molecule has 9 rings (SSSR count). The van der Waals surface area contributed by atoms with Gasteiger partial charge in [-0.3, -0.25) is 0 Å². The van der Waals surface area contributed by atoms with Crippen LogP contribution in [-0.4, -0.2) is 9.13 Å². The van der Waals surface area contributed by atoms with Crippen LogP contribution >= 0.6 is 0 Å². The summed E-state index contributed by atoms with van der Waals surface area (Å²) in [6.45, 7) is 0. The van der Waals surface area contributed by atoms with E-state index in [0.29, 0.717) is 11.1 Å². The first kappa shape index (κ1) is 27.4. The highest BCUT2D eigenvalue weighted by Gasteiger charge is 2.20. The fourth-order valence-electron chi connectivity index (χ4n) is 7.32. The fourth-order valence-corrected chi connectivity index (χ4v) is 7.32. The van der Waals surface area contributed by atoms with Crippen LogP contribution in [0.25, 0.3) is 77.2 Å². The van der Waals surface area contributed by atoms with Gasteiger partial charge in [-0.25, -0.2) is 0 Å². The summed E-state index contributed by atoms with van der Waals surface area (Å²) in [5.41, 5.74) is 12.0. The molecule has 0 aliphatic carbocycles. The van der Waals surface area contributed by atoms with E-state index in [1.165, 1.54) is 10.8 Å². The summed E-state index contributed by atoms with van der Waals surface area (Å²) in [5, 5.41) is 24.2. The van der Waals surface area contributed by atoms with Gasteiger partial charge < -0.3 is 9.13 Å². The maximum atomic E-state index is 10.0. The lowest BCUT2D eigenvalue weighted by Crippen LogP contribution is -1.97. The monoisotopic (exact) mass is 610 g/mol. The van der Waals surface area contributed by atoms with Crippen LogP contribution in [0.5, 0.6) is 0 Å². The van der Waals surface area contributed by atoms with Gasteiger partial charge in [0.05, 0.1) is 45.0 Å². The molecule has 0 amide bonds. The van der Waals surface area contributed by atoms with Crippen molar-refractivity contribution in [2.45, 2.75) is 0 Å². The molecule has 0 aliphatic rings. The topological polar surface area (TPSA) is 57.4 Å². The molecule has 0 atom stereocenters. The van der Waals surface area contributed by atoms with Gasteiger partial charge in [-0.2, -0.15) is 10.5 Å². The van der Waals surface area contributed by atoms with Crippen LogP contribution in [0.1, 0.15) is 11.1 Å². The van der Waals surface area contributed by atoms with Crippen LogP contribution in [0.15, 0.2) is 158 Å². The van der Waals surface area contributed by atoms with Gasteiger partial charge in [-0.1, -0.05) is 103 Å². The average Bonchev–Trinajstić information content (AvgIpc) is 3.67. The molecule has 4 nitrogen and oxygen atoms in total. The van der Waals surface area contributed by atoms with Gasteiger partial charge in [0.15, 0.2) is 0 Å². The van der Waals surface area contributed by atoms with Crippen LogP contribution in [0, 0.1) is 22.7 Å². The van der Waals surface area contributed by atoms with Crippen molar-refractivity contribution in [3.63, 3.8) is 0 Å². The Morgan fingerprint density at radius 1 is 0.417 bits per heavy atom. The first-order chi connectivity index (χ1) is 23.7. The van der Waals surface area contributed by atoms with Crippen molar-refractivity contribution >= 4 is 43.6 Å². The quantitative estimate of drug-likeness (QED) is 0.199. The molecule has 2 heterocycles. The Morgan fingerprint density at radius 2 is 1.02 bits per heavy atom. The van der Waals surface area contributed by atoms with Crippen molar-refractivity contribution in [3.8, 4) is 45.8 Å². The molecule has 9 aromatic rings. The summed E-state index contributed by atoms with van der Waals surface area (Å²) >= 11 is 0. The Balaban J connectivity index is 1.32. The van der Waals surface area contributed by atoms with Crippen molar-refractivity contribution in [2.75, 3.05) is 0 Å². The van der Waals surface area contributed by atoms with Crippen molar-refractivity contribution in [1.82, 2.24) is 9.13 Å². The Morgan fingerprint density at radius 3 is 1.79 bits per heavy atom. The molecule has 0 bridgehead atoms. The molecule has 48 heavy (non-hydrogen) atoms.